The average Bonchev–Trinajstić information content (AvgIpc) is 3.23. The van der Waals surface area contributed by atoms with Crippen molar-refractivity contribution in [1.29, 1.82) is 0 Å². The summed E-state index contributed by atoms with van der Waals surface area (Å²) in [6.45, 7) is -0.176. The van der Waals surface area contributed by atoms with Crippen LogP contribution in [0.4, 0.5) is 17.6 Å². The minimum Gasteiger partial charge on any atom is -0.484 e. The first-order valence-electron chi connectivity index (χ1n) is 10.7. The summed E-state index contributed by atoms with van der Waals surface area (Å²) in [4.78, 5) is 25.0. The smallest absolute Gasteiger partial charge is 0.484 e. The van der Waals surface area contributed by atoms with E-state index in [2.05, 4.69) is 20.7 Å². The fourth-order valence-corrected chi connectivity index (χ4v) is 5.22. The molecule has 1 saturated heterocycles. The van der Waals surface area contributed by atoms with Crippen molar-refractivity contribution in [2.75, 3.05) is 13.2 Å². The molecule has 3 aliphatic carbocycles. The lowest BCUT2D eigenvalue weighted by Gasteiger charge is -2.48. The summed E-state index contributed by atoms with van der Waals surface area (Å²) in [6, 6.07) is 3.91. The first-order chi connectivity index (χ1) is 15.5. The Kier molecular flexibility index (Phi) is 6.49. The van der Waals surface area contributed by atoms with Gasteiger partial charge in [0.15, 0.2) is 6.61 Å². The Balaban J connectivity index is 1.20. The van der Waals surface area contributed by atoms with E-state index in [0.29, 0.717) is 32.1 Å². The van der Waals surface area contributed by atoms with E-state index in [1.165, 1.54) is 12.1 Å². The monoisotopic (exact) mass is 493 g/mol. The van der Waals surface area contributed by atoms with Gasteiger partial charge in [-0.25, -0.2) is 4.39 Å². The predicted octanol–water partition coefficient (Wildman–Crippen LogP) is 3.02. The molecule has 7 nitrogen and oxygen atoms in total. The van der Waals surface area contributed by atoms with Crippen molar-refractivity contribution in [2.45, 2.75) is 62.2 Å². The fourth-order valence-electron chi connectivity index (χ4n) is 5.10. The Hall–Kier alpha value is -2.11. The van der Waals surface area contributed by atoms with E-state index < -0.39 is 35.4 Å². The molecule has 1 aromatic rings. The predicted molar refractivity (Wildman–Crippen MR) is 109 cm³/mol. The molecule has 2 amide bonds. The molecule has 2 bridgehead atoms. The quantitative estimate of drug-likeness (QED) is 0.508. The highest BCUT2D eigenvalue weighted by Crippen LogP contribution is 2.55. The van der Waals surface area contributed by atoms with E-state index in [-0.39, 0.29) is 42.2 Å². The first-order valence-corrected chi connectivity index (χ1v) is 11.0. The number of hydrogen-bond acceptors (Lipinski definition) is 5. The number of piperidine rings is 1. The van der Waals surface area contributed by atoms with Crippen LogP contribution in [-0.4, -0.2) is 48.6 Å². The first kappa shape index (κ1) is 24.0. The Bertz CT molecular complexity index is 915. The van der Waals surface area contributed by atoms with Crippen LogP contribution in [0.5, 0.6) is 5.75 Å². The molecule has 12 heteroatoms. The number of rotatable bonds is 7. The Morgan fingerprint density at radius 1 is 1.15 bits per heavy atom. The van der Waals surface area contributed by atoms with Crippen LogP contribution in [0.3, 0.4) is 0 Å². The molecule has 1 aromatic carbocycles. The van der Waals surface area contributed by atoms with Crippen LogP contribution in [0.1, 0.15) is 38.5 Å². The van der Waals surface area contributed by atoms with Crippen LogP contribution < -0.4 is 20.7 Å². The van der Waals surface area contributed by atoms with Gasteiger partial charge in [-0.15, -0.1) is 13.2 Å². The summed E-state index contributed by atoms with van der Waals surface area (Å²) in [6.07, 6.45) is -2.94. The third-order valence-corrected chi connectivity index (χ3v) is 6.81. The summed E-state index contributed by atoms with van der Waals surface area (Å²) < 4.78 is 59.7. The molecular formula is C21H24ClF4N3O4. The maximum atomic E-state index is 13.5. The molecule has 182 valence electrons. The molecule has 2 unspecified atom stereocenters. The molecule has 0 spiro atoms. The van der Waals surface area contributed by atoms with Crippen molar-refractivity contribution in [1.82, 2.24) is 16.0 Å². The second kappa shape index (κ2) is 8.92. The number of carbonyl (C=O) groups is 2. The number of halogens is 5. The number of hydrogen-bond donors (Lipinski definition) is 3. The SMILES string of the molecule is O=C(COc1ccc(Cl)c(F)c1)NC12CCC(NC(=O)C3CCC(OC(F)(F)F)NC3)(C1)C2. The summed E-state index contributed by atoms with van der Waals surface area (Å²) in [5, 5.41) is 8.58. The zero-order valence-electron chi connectivity index (χ0n) is 17.6. The third kappa shape index (κ3) is 5.70. The molecule has 2 atom stereocenters. The number of alkyl halides is 3. The molecule has 3 N–H and O–H groups in total. The molecule has 4 aliphatic rings. The van der Waals surface area contributed by atoms with Gasteiger partial charge in [0.25, 0.3) is 5.91 Å². The van der Waals surface area contributed by atoms with Crippen molar-refractivity contribution in [2.24, 2.45) is 5.92 Å². The minimum atomic E-state index is -4.72. The zero-order chi connectivity index (χ0) is 23.9. The van der Waals surface area contributed by atoms with Crippen molar-refractivity contribution >= 4 is 23.4 Å². The summed E-state index contributed by atoms with van der Waals surface area (Å²) >= 11 is 5.62. The van der Waals surface area contributed by atoms with Gasteiger partial charge in [-0.2, -0.15) is 0 Å². The molecule has 4 fully saturated rings. The van der Waals surface area contributed by atoms with E-state index in [1.54, 1.807) is 0 Å². The maximum Gasteiger partial charge on any atom is 0.524 e. The van der Waals surface area contributed by atoms with Gasteiger partial charge in [0.2, 0.25) is 5.91 Å². The van der Waals surface area contributed by atoms with Gasteiger partial charge in [-0.05, 0) is 50.7 Å². The highest BCUT2D eigenvalue weighted by atomic mass is 35.5. The van der Waals surface area contributed by atoms with E-state index >= 15 is 0 Å². The van der Waals surface area contributed by atoms with E-state index in [0.717, 1.165) is 6.07 Å². The molecule has 0 aromatic heterocycles. The van der Waals surface area contributed by atoms with Gasteiger partial charge in [0.1, 0.15) is 17.8 Å². The van der Waals surface area contributed by atoms with Crippen molar-refractivity contribution in [3.05, 3.63) is 29.0 Å². The molecule has 0 radical (unpaired) electrons. The lowest BCUT2D eigenvalue weighted by atomic mass is 9.70. The highest BCUT2D eigenvalue weighted by molar-refractivity contribution is 6.30. The van der Waals surface area contributed by atoms with Crippen LogP contribution in [0.25, 0.3) is 0 Å². The highest BCUT2D eigenvalue weighted by Gasteiger charge is 2.62. The number of ether oxygens (including phenoxy) is 2. The van der Waals surface area contributed by atoms with Crippen LogP contribution >= 0.6 is 11.6 Å². The number of nitrogens with one attached hydrogen (secondary N) is 3. The van der Waals surface area contributed by atoms with Crippen molar-refractivity contribution < 1.29 is 36.6 Å². The van der Waals surface area contributed by atoms with Gasteiger partial charge in [0.05, 0.1) is 10.9 Å². The van der Waals surface area contributed by atoms with Crippen LogP contribution in [0.2, 0.25) is 5.02 Å². The van der Waals surface area contributed by atoms with Gasteiger partial charge in [-0.1, -0.05) is 11.6 Å². The number of fused-ring (bicyclic) bond motifs is 1. The topological polar surface area (TPSA) is 88.7 Å². The molecule has 1 aliphatic heterocycles. The number of benzene rings is 1. The second-order valence-corrected chi connectivity index (χ2v) is 9.46. The maximum absolute atomic E-state index is 13.5. The normalized spacial score (nSPS) is 30.9. The molecule has 1 heterocycles. The Labute approximate surface area is 192 Å². The fraction of sp³-hybridized carbons (Fsp3) is 0.619. The summed E-state index contributed by atoms with van der Waals surface area (Å²) in [7, 11) is 0. The van der Waals surface area contributed by atoms with Gasteiger partial charge < -0.3 is 15.4 Å². The van der Waals surface area contributed by atoms with E-state index in [4.69, 9.17) is 16.3 Å². The lowest BCUT2D eigenvalue weighted by Crippen LogP contribution is -2.65. The molecule has 3 saturated carbocycles. The standard InChI is InChI=1S/C21H24ClF4N3O4/c22-14-3-2-13(7-15(14)23)32-9-16(30)28-19-5-6-20(10-19,11-19)29-18(31)12-1-4-17(27-8-12)33-21(24,25)26/h2-3,7,12,17,27H,1,4-6,8-11H2,(H,28,30)(H,29,31). The van der Waals surface area contributed by atoms with E-state index in [1.807, 2.05) is 0 Å². The van der Waals surface area contributed by atoms with E-state index in [9.17, 15) is 27.2 Å². The Morgan fingerprint density at radius 2 is 1.85 bits per heavy atom. The minimum absolute atomic E-state index is 0.0389. The van der Waals surface area contributed by atoms with Gasteiger partial charge in [-0.3, -0.25) is 19.6 Å². The molecular weight excluding hydrogens is 470 g/mol. The molecule has 33 heavy (non-hydrogen) atoms. The van der Waals surface area contributed by atoms with Crippen LogP contribution in [0.15, 0.2) is 18.2 Å². The lowest BCUT2D eigenvalue weighted by molar-refractivity contribution is -0.348. The average molecular weight is 494 g/mol. The number of carbonyl (C=O) groups excluding carboxylic acids is 2. The van der Waals surface area contributed by atoms with Crippen molar-refractivity contribution in [3.8, 4) is 5.75 Å². The summed E-state index contributed by atoms with van der Waals surface area (Å²) in [5.74, 6) is -1.44. The van der Waals surface area contributed by atoms with Gasteiger partial charge >= 0.3 is 6.36 Å². The third-order valence-electron chi connectivity index (χ3n) is 6.51. The summed E-state index contributed by atoms with van der Waals surface area (Å²) in [5.41, 5.74) is -0.834. The Morgan fingerprint density at radius 3 is 2.45 bits per heavy atom. The van der Waals surface area contributed by atoms with Crippen LogP contribution in [-0.2, 0) is 14.3 Å². The molecule has 5 rings (SSSR count). The second-order valence-electron chi connectivity index (χ2n) is 9.05. The zero-order valence-corrected chi connectivity index (χ0v) is 18.3. The van der Waals surface area contributed by atoms with Crippen molar-refractivity contribution in [3.63, 3.8) is 0 Å². The van der Waals surface area contributed by atoms with Crippen LogP contribution in [0, 0.1) is 11.7 Å². The number of amides is 2. The largest absolute Gasteiger partial charge is 0.524 e. The van der Waals surface area contributed by atoms with Gasteiger partial charge in [0, 0.05) is 23.7 Å².